The molecule has 0 aromatic carbocycles. The van der Waals surface area contributed by atoms with Gasteiger partial charge in [-0.25, -0.2) is 4.99 Å². The molecule has 11 heavy (non-hydrogen) atoms. The number of aliphatic imine (C=N–C) groups is 2. The average molecular weight is 151 g/mol. The van der Waals surface area contributed by atoms with Crippen LogP contribution in [0.25, 0.3) is 0 Å². The SMILES string of the molecule is C1=NCC(C2CCNCC2)=N1. The third-order valence-electron chi connectivity index (χ3n) is 2.37. The summed E-state index contributed by atoms with van der Waals surface area (Å²) in [6, 6.07) is 0. The number of nitrogens with zero attached hydrogens (tertiary/aromatic N) is 2. The van der Waals surface area contributed by atoms with Gasteiger partial charge in [-0.2, -0.15) is 0 Å². The summed E-state index contributed by atoms with van der Waals surface area (Å²) in [5.74, 6) is 0.707. The second-order valence-corrected chi connectivity index (χ2v) is 3.10. The highest BCUT2D eigenvalue weighted by Gasteiger charge is 2.19. The molecule has 2 aliphatic heterocycles. The quantitative estimate of drug-likeness (QED) is 0.581. The lowest BCUT2D eigenvalue weighted by Crippen LogP contribution is -2.32. The van der Waals surface area contributed by atoms with E-state index in [1.807, 2.05) is 0 Å². The number of piperidine rings is 1. The third-order valence-corrected chi connectivity index (χ3v) is 2.37. The molecular formula is C8H13N3. The monoisotopic (exact) mass is 151 g/mol. The minimum absolute atomic E-state index is 0.707. The Morgan fingerprint density at radius 1 is 1.36 bits per heavy atom. The molecule has 0 atom stereocenters. The van der Waals surface area contributed by atoms with Crippen LogP contribution in [-0.2, 0) is 0 Å². The normalized spacial score (nSPS) is 25.6. The molecule has 0 aliphatic carbocycles. The van der Waals surface area contributed by atoms with E-state index in [1.54, 1.807) is 6.34 Å². The van der Waals surface area contributed by atoms with E-state index < -0.39 is 0 Å². The Hall–Kier alpha value is -0.700. The molecule has 0 radical (unpaired) electrons. The fourth-order valence-corrected chi connectivity index (χ4v) is 1.68. The summed E-state index contributed by atoms with van der Waals surface area (Å²) in [5.41, 5.74) is 1.30. The second-order valence-electron chi connectivity index (χ2n) is 3.10. The molecule has 2 aliphatic rings. The van der Waals surface area contributed by atoms with Crippen LogP contribution < -0.4 is 5.32 Å². The summed E-state index contributed by atoms with van der Waals surface area (Å²) in [7, 11) is 0. The van der Waals surface area contributed by atoms with Crippen LogP contribution in [0.5, 0.6) is 0 Å². The lowest BCUT2D eigenvalue weighted by molar-refractivity contribution is 0.455. The van der Waals surface area contributed by atoms with Crippen LogP contribution in [-0.4, -0.2) is 31.7 Å². The summed E-state index contributed by atoms with van der Waals surface area (Å²) in [4.78, 5) is 8.35. The Kier molecular flexibility index (Phi) is 1.99. The predicted molar refractivity (Wildman–Crippen MR) is 46.4 cm³/mol. The van der Waals surface area contributed by atoms with E-state index in [2.05, 4.69) is 15.3 Å². The van der Waals surface area contributed by atoms with Crippen LogP contribution in [0.2, 0.25) is 0 Å². The van der Waals surface area contributed by atoms with Gasteiger partial charge in [0.25, 0.3) is 0 Å². The van der Waals surface area contributed by atoms with E-state index in [9.17, 15) is 0 Å². The topological polar surface area (TPSA) is 36.8 Å². The summed E-state index contributed by atoms with van der Waals surface area (Å²) in [6.07, 6.45) is 4.17. The van der Waals surface area contributed by atoms with E-state index in [-0.39, 0.29) is 0 Å². The number of hydrogen-bond acceptors (Lipinski definition) is 3. The van der Waals surface area contributed by atoms with Gasteiger partial charge in [0.1, 0.15) is 6.34 Å². The Morgan fingerprint density at radius 2 is 2.18 bits per heavy atom. The van der Waals surface area contributed by atoms with Gasteiger partial charge >= 0.3 is 0 Å². The fourth-order valence-electron chi connectivity index (χ4n) is 1.68. The lowest BCUT2D eigenvalue weighted by Gasteiger charge is -2.21. The van der Waals surface area contributed by atoms with Crippen LogP contribution in [0.3, 0.4) is 0 Å². The maximum absolute atomic E-state index is 4.26. The van der Waals surface area contributed by atoms with Gasteiger partial charge in [-0.3, -0.25) is 4.99 Å². The summed E-state index contributed by atoms with van der Waals surface area (Å²) in [6.45, 7) is 3.14. The molecule has 0 saturated carbocycles. The number of rotatable bonds is 1. The molecule has 0 bridgehead atoms. The predicted octanol–water partition coefficient (Wildman–Crippen LogP) is 0.469. The second kappa shape index (κ2) is 3.13. The highest BCUT2D eigenvalue weighted by molar-refractivity contribution is 5.97. The first-order valence-corrected chi connectivity index (χ1v) is 4.22. The molecule has 1 saturated heterocycles. The maximum atomic E-state index is 4.26. The molecule has 3 heteroatoms. The zero-order valence-electron chi connectivity index (χ0n) is 6.58. The van der Waals surface area contributed by atoms with Crippen LogP contribution >= 0.6 is 0 Å². The van der Waals surface area contributed by atoms with Gasteiger partial charge in [0, 0.05) is 11.6 Å². The van der Waals surface area contributed by atoms with E-state index in [0.29, 0.717) is 5.92 Å². The smallest absolute Gasteiger partial charge is 0.110 e. The first-order chi connectivity index (χ1) is 5.47. The lowest BCUT2D eigenvalue weighted by atomic mass is 9.93. The van der Waals surface area contributed by atoms with Gasteiger partial charge < -0.3 is 5.32 Å². The fraction of sp³-hybridized carbons (Fsp3) is 0.750. The first-order valence-electron chi connectivity index (χ1n) is 4.22. The molecule has 1 N–H and O–H groups in total. The molecule has 0 amide bonds. The van der Waals surface area contributed by atoms with Gasteiger partial charge in [0.15, 0.2) is 0 Å². The maximum Gasteiger partial charge on any atom is 0.110 e. The van der Waals surface area contributed by atoms with E-state index in [0.717, 1.165) is 19.6 Å². The van der Waals surface area contributed by atoms with Crippen molar-refractivity contribution >= 4 is 12.1 Å². The molecule has 0 aromatic rings. The van der Waals surface area contributed by atoms with Crippen LogP contribution in [0.15, 0.2) is 9.98 Å². The summed E-state index contributed by atoms with van der Waals surface area (Å²) in [5, 5.41) is 3.34. The van der Waals surface area contributed by atoms with Crippen molar-refractivity contribution in [2.45, 2.75) is 12.8 Å². The van der Waals surface area contributed by atoms with E-state index in [4.69, 9.17) is 0 Å². The summed E-state index contributed by atoms with van der Waals surface area (Å²) < 4.78 is 0. The highest BCUT2D eigenvalue weighted by atomic mass is 15.0. The standard InChI is InChI=1S/C8H13N3/c1-3-9-4-2-7(1)8-5-10-6-11-8/h6-7,9H,1-5H2. The van der Waals surface area contributed by atoms with Crippen LogP contribution in [0, 0.1) is 5.92 Å². The summed E-state index contributed by atoms with van der Waals surface area (Å²) >= 11 is 0. The number of hydrogen-bond donors (Lipinski definition) is 1. The molecule has 1 fully saturated rings. The van der Waals surface area contributed by atoms with Crippen molar-refractivity contribution in [2.75, 3.05) is 19.6 Å². The van der Waals surface area contributed by atoms with Gasteiger partial charge in [0.05, 0.1) is 6.54 Å². The van der Waals surface area contributed by atoms with Crippen molar-refractivity contribution in [2.24, 2.45) is 15.9 Å². The molecule has 0 aromatic heterocycles. The molecule has 60 valence electrons. The molecule has 0 unspecified atom stereocenters. The largest absolute Gasteiger partial charge is 0.317 e. The van der Waals surface area contributed by atoms with E-state index in [1.165, 1.54) is 18.6 Å². The minimum atomic E-state index is 0.707. The zero-order chi connectivity index (χ0) is 7.52. The molecule has 0 spiro atoms. The first kappa shape index (κ1) is 6.98. The molecule has 3 nitrogen and oxygen atoms in total. The number of nitrogens with one attached hydrogen (secondary N) is 1. The van der Waals surface area contributed by atoms with E-state index >= 15 is 0 Å². The Bertz CT molecular complexity index is 190. The zero-order valence-corrected chi connectivity index (χ0v) is 6.58. The van der Waals surface area contributed by atoms with Gasteiger partial charge in [-0.15, -0.1) is 0 Å². The Labute approximate surface area is 66.6 Å². The Balaban J connectivity index is 1.93. The van der Waals surface area contributed by atoms with Crippen molar-refractivity contribution in [3.05, 3.63) is 0 Å². The average Bonchev–Trinajstić information content (AvgIpc) is 2.58. The van der Waals surface area contributed by atoms with Crippen molar-refractivity contribution < 1.29 is 0 Å². The van der Waals surface area contributed by atoms with Gasteiger partial charge in [0.2, 0.25) is 0 Å². The third kappa shape index (κ3) is 1.48. The van der Waals surface area contributed by atoms with Crippen molar-refractivity contribution in [3.8, 4) is 0 Å². The van der Waals surface area contributed by atoms with Gasteiger partial charge in [-0.05, 0) is 25.9 Å². The molecular weight excluding hydrogens is 138 g/mol. The van der Waals surface area contributed by atoms with Crippen molar-refractivity contribution in [1.29, 1.82) is 0 Å². The molecule has 2 heterocycles. The van der Waals surface area contributed by atoms with Crippen LogP contribution in [0.4, 0.5) is 0 Å². The van der Waals surface area contributed by atoms with Gasteiger partial charge in [-0.1, -0.05) is 0 Å². The highest BCUT2D eigenvalue weighted by Crippen LogP contribution is 2.15. The van der Waals surface area contributed by atoms with Crippen molar-refractivity contribution in [1.82, 2.24) is 5.32 Å². The Morgan fingerprint density at radius 3 is 2.82 bits per heavy atom. The van der Waals surface area contributed by atoms with Crippen LogP contribution in [0.1, 0.15) is 12.8 Å². The minimum Gasteiger partial charge on any atom is -0.317 e. The molecule has 2 rings (SSSR count). The van der Waals surface area contributed by atoms with Crippen molar-refractivity contribution in [3.63, 3.8) is 0 Å².